The van der Waals surface area contributed by atoms with Gasteiger partial charge in [0.15, 0.2) is 0 Å². The van der Waals surface area contributed by atoms with E-state index >= 15 is 0 Å². The summed E-state index contributed by atoms with van der Waals surface area (Å²) in [5.74, 6) is 0. The fraction of sp³-hybridized carbons (Fsp3) is 0.300. The predicted molar refractivity (Wildman–Crippen MR) is 103 cm³/mol. The van der Waals surface area contributed by atoms with Gasteiger partial charge in [0.2, 0.25) is 0 Å². The van der Waals surface area contributed by atoms with Crippen molar-refractivity contribution < 1.29 is 4.79 Å². The summed E-state index contributed by atoms with van der Waals surface area (Å²) in [6, 6.07) is 16.9. The molecule has 1 aliphatic rings. The third-order valence-corrected chi connectivity index (χ3v) is 4.71. The molecule has 2 aromatic rings. The van der Waals surface area contributed by atoms with Gasteiger partial charge in [0.25, 0.3) is 0 Å². The molecule has 0 bridgehead atoms. The summed E-state index contributed by atoms with van der Waals surface area (Å²) in [7, 11) is 0. The van der Waals surface area contributed by atoms with Crippen LogP contribution in [0, 0.1) is 11.3 Å². The van der Waals surface area contributed by atoms with Crippen molar-refractivity contribution in [2.75, 3.05) is 31.5 Å². The molecule has 5 nitrogen and oxygen atoms in total. The van der Waals surface area contributed by atoms with Crippen molar-refractivity contribution in [1.29, 1.82) is 5.26 Å². The van der Waals surface area contributed by atoms with Crippen LogP contribution in [-0.4, -0.2) is 42.0 Å². The van der Waals surface area contributed by atoms with Crippen LogP contribution in [0.5, 0.6) is 0 Å². The van der Waals surface area contributed by atoms with E-state index in [4.69, 9.17) is 16.9 Å². The van der Waals surface area contributed by atoms with Gasteiger partial charge in [-0.25, -0.2) is 4.79 Å². The molecule has 6 heteroatoms. The standard InChI is InChI=1S/C20H21ClN4O/c21-18-6-8-19(9-7-18)23-20(26)25-11-1-10-24(12-13-25)15-17-4-2-16(14-22)3-5-17/h2-9H,1,10-13,15H2,(H,23,26). The third-order valence-electron chi connectivity index (χ3n) is 4.46. The highest BCUT2D eigenvalue weighted by molar-refractivity contribution is 6.30. The van der Waals surface area contributed by atoms with Crippen molar-refractivity contribution in [1.82, 2.24) is 9.80 Å². The van der Waals surface area contributed by atoms with Gasteiger partial charge in [-0.2, -0.15) is 5.26 Å². The van der Waals surface area contributed by atoms with Gasteiger partial charge in [0, 0.05) is 43.4 Å². The SMILES string of the molecule is N#Cc1ccc(CN2CCCN(C(=O)Nc3ccc(Cl)cc3)CC2)cc1. The van der Waals surface area contributed by atoms with Crippen LogP contribution >= 0.6 is 11.6 Å². The average molecular weight is 369 g/mol. The number of halogens is 1. The molecule has 0 radical (unpaired) electrons. The summed E-state index contributed by atoms with van der Waals surface area (Å²) in [6.45, 7) is 4.04. The fourth-order valence-electron chi connectivity index (χ4n) is 3.01. The van der Waals surface area contributed by atoms with Crippen LogP contribution in [0.4, 0.5) is 10.5 Å². The highest BCUT2D eigenvalue weighted by atomic mass is 35.5. The lowest BCUT2D eigenvalue weighted by atomic mass is 10.1. The van der Waals surface area contributed by atoms with Gasteiger partial charge in [-0.1, -0.05) is 23.7 Å². The lowest BCUT2D eigenvalue weighted by Gasteiger charge is -2.22. The Morgan fingerprint density at radius 3 is 2.46 bits per heavy atom. The molecular formula is C20H21ClN4O. The largest absolute Gasteiger partial charge is 0.323 e. The van der Waals surface area contributed by atoms with Gasteiger partial charge >= 0.3 is 6.03 Å². The Bertz CT molecular complexity index is 783. The van der Waals surface area contributed by atoms with E-state index in [0.717, 1.165) is 38.3 Å². The summed E-state index contributed by atoms with van der Waals surface area (Å²) in [5.41, 5.74) is 2.61. The van der Waals surface area contributed by atoms with Gasteiger partial charge < -0.3 is 10.2 Å². The lowest BCUT2D eigenvalue weighted by molar-refractivity contribution is 0.211. The zero-order valence-corrected chi connectivity index (χ0v) is 15.2. The average Bonchev–Trinajstić information content (AvgIpc) is 2.90. The number of carbonyl (C=O) groups is 1. The zero-order valence-electron chi connectivity index (χ0n) is 14.5. The van der Waals surface area contributed by atoms with E-state index in [1.54, 1.807) is 24.3 Å². The molecule has 26 heavy (non-hydrogen) atoms. The number of hydrogen-bond acceptors (Lipinski definition) is 3. The van der Waals surface area contributed by atoms with E-state index in [0.29, 0.717) is 17.1 Å². The first-order valence-electron chi connectivity index (χ1n) is 8.67. The molecule has 0 saturated carbocycles. The lowest BCUT2D eigenvalue weighted by Crippen LogP contribution is -2.38. The molecule has 2 aromatic carbocycles. The van der Waals surface area contributed by atoms with E-state index in [2.05, 4.69) is 16.3 Å². The highest BCUT2D eigenvalue weighted by Crippen LogP contribution is 2.15. The van der Waals surface area contributed by atoms with E-state index in [1.807, 2.05) is 29.2 Å². The number of carbonyl (C=O) groups excluding carboxylic acids is 1. The number of rotatable bonds is 3. The van der Waals surface area contributed by atoms with Gasteiger partial charge in [0.05, 0.1) is 11.6 Å². The Balaban J connectivity index is 1.53. The molecule has 0 unspecified atom stereocenters. The molecule has 1 heterocycles. The topological polar surface area (TPSA) is 59.4 Å². The smallest absolute Gasteiger partial charge is 0.321 e. The summed E-state index contributed by atoms with van der Waals surface area (Å²) in [6.07, 6.45) is 0.935. The Hall–Kier alpha value is -2.55. The molecule has 1 saturated heterocycles. The summed E-state index contributed by atoms with van der Waals surface area (Å²) < 4.78 is 0. The Morgan fingerprint density at radius 1 is 1.04 bits per heavy atom. The molecule has 0 atom stereocenters. The van der Waals surface area contributed by atoms with Crippen LogP contribution < -0.4 is 5.32 Å². The van der Waals surface area contributed by atoms with Crippen LogP contribution in [0.15, 0.2) is 48.5 Å². The summed E-state index contributed by atoms with van der Waals surface area (Å²) >= 11 is 5.87. The number of urea groups is 1. The van der Waals surface area contributed by atoms with E-state index in [1.165, 1.54) is 5.56 Å². The predicted octanol–water partition coefficient (Wildman–Crippen LogP) is 3.95. The summed E-state index contributed by atoms with van der Waals surface area (Å²) in [5, 5.41) is 12.4. The van der Waals surface area contributed by atoms with Crippen molar-refractivity contribution in [2.24, 2.45) is 0 Å². The zero-order chi connectivity index (χ0) is 18.4. The number of amides is 2. The molecule has 134 valence electrons. The minimum atomic E-state index is -0.0763. The van der Waals surface area contributed by atoms with Crippen molar-refractivity contribution in [3.8, 4) is 6.07 Å². The number of anilines is 1. The van der Waals surface area contributed by atoms with Crippen molar-refractivity contribution in [3.63, 3.8) is 0 Å². The molecular weight excluding hydrogens is 348 g/mol. The number of benzene rings is 2. The monoisotopic (exact) mass is 368 g/mol. The van der Waals surface area contributed by atoms with Crippen molar-refractivity contribution in [3.05, 3.63) is 64.7 Å². The third kappa shape index (κ3) is 4.98. The quantitative estimate of drug-likeness (QED) is 0.892. The normalized spacial score (nSPS) is 15.2. The molecule has 0 aliphatic carbocycles. The first kappa shape index (κ1) is 18.2. The minimum absolute atomic E-state index is 0.0763. The maximum atomic E-state index is 12.5. The number of nitrogens with zero attached hydrogens (tertiary/aromatic N) is 3. The molecule has 0 aromatic heterocycles. The number of hydrogen-bond donors (Lipinski definition) is 1. The second-order valence-corrected chi connectivity index (χ2v) is 6.80. The van der Waals surface area contributed by atoms with Crippen LogP contribution in [-0.2, 0) is 6.54 Å². The van der Waals surface area contributed by atoms with E-state index in [-0.39, 0.29) is 6.03 Å². The Morgan fingerprint density at radius 2 is 1.77 bits per heavy atom. The van der Waals surface area contributed by atoms with Gasteiger partial charge in [-0.05, 0) is 48.4 Å². The summed E-state index contributed by atoms with van der Waals surface area (Å²) in [4.78, 5) is 16.7. The van der Waals surface area contributed by atoms with Gasteiger partial charge in [-0.3, -0.25) is 4.90 Å². The fourth-order valence-corrected chi connectivity index (χ4v) is 3.14. The second kappa shape index (κ2) is 8.70. The molecule has 1 fully saturated rings. The van der Waals surface area contributed by atoms with E-state index in [9.17, 15) is 4.79 Å². The number of nitrogens with one attached hydrogen (secondary N) is 1. The second-order valence-electron chi connectivity index (χ2n) is 6.36. The van der Waals surface area contributed by atoms with Crippen molar-refractivity contribution >= 4 is 23.3 Å². The van der Waals surface area contributed by atoms with Crippen LogP contribution in [0.2, 0.25) is 5.02 Å². The van der Waals surface area contributed by atoms with Crippen molar-refractivity contribution in [2.45, 2.75) is 13.0 Å². The maximum absolute atomic E-state index is 12.5. The maximum Gasteiger partial charge on any atom is 0.321 e. The molecule has 3 rings (SSSR count). The van der Waals surface area contributed by atoms with Crippen LogP contribution in [0.1, 0.15) is 17.5 Å². The van der Waals surface area contributed by atoms with Crippen LogP contribution in [0.3, 0.4) is 0 Å². The Labute approximate surface area is 158 Å². The molecule has 1 aliphatic heterocycles. The minimum Gasteiger partial charge on any atom is -0.323 e. The first-order valence-corrected chi connectivity index (χ1v) is 9.05. The van der Waals surface area contributed by atoms with Gasteiger partial charge in [-0.15, -0.1) is 0 Å². The molecule has 2 amide bonds. The highest BCUT2D eigenvalue weighted by Gasteiger charge is 2.19. The molecule has 1 N–H and O–H groups in total. The van der Waals surface area contributed by atoms with E-state index < -0.39 is 0 Å². The van der Waals surface area contributed by atoms with Gasteiger partial charge in [0.1, 0.15) is 0 Å². The van der Waals surface area contributed by atoms with Crippen LogP contribution in [0.25, 0.3) is 0 Å². The first-order chi connectivity index (χ1) is 12.6. The number of nitriles is 1. The Kier molecular flexibility index (Phi) is 6.11. The molecule has 0 spiro atoms.